The van der Waals surface area contributed by atoms with Gasteiger partial charge in [0.1, 0.15) is 11.6 Å². The van der Waals surface area contributed by atoms with E-state index in [4.69, 9.17) is 4.74 Å². The summed E-state index contributed by atoms with van der Waals surface area (Å²) >= 11 is 0. The van der Waals surface area contributed by atoms with Crippen LogP contribution in [0, 0.1) is 17.7 Å². The van der Waals surface area contributed by atoms with Crippen molar-refractivity contribution in [1.82, 2.24) is 9.88 Å². The van der Waals surface area contributed by atoms with Gasteiger partial charge in [-0.3, -0.25) is 9.88 Å². The lowest BCUT2D eigenvalue weighted by atomic mass is 9.63. The number of piperidine rings is 1. The van der Waals surface area contributed by atoms with E-state index >= 15 is 0 Å². The summed E-state index contributed by atoms with van der Waals surface area (Å²) in [5.74, 6) is 0.608. The van der Waals surface area contributed by atoms with Crippen molar-refractivity contribution < 1.29 is 14.2 Å². The smallest absolute Gasteiger partial charge is 0.131 e. The standard InChI is InChI=1S/C21H25FN2O2/c1-26-19-8-7-15(20(22)10-19)12-24-13-17-4-2-5-18(14-24)21(17,25)16-6-3-9-23-11-16/h3,6-11,17-18,25H,2,4-5,12-14H2,1H3/t17-,18-/m0/s1. The molecule has 2 aliphatic rings. The van der Waals surface area contributed by atoms with Crippen LogP contribution in [-0.4, -0.2) is 35.2 Å². The minimum Gasteiger partial charge on any atom is -0.497 e. The van der Waals surface area contributed by atoms with E-state index in [1.165, 1.54) is 6.07 Å². The molecule has 1 aliphatic carbocycles. The molecule has 4 nitrogen and oxygen atoms in total. The molecule has 4 rings (SSSR count). The maximum atomic E-state index is 14.3. The van der Waals surface area contributed by atoms with E-state index in [0.29, 0.717) is 17.9 Å². The van der Waals surface area contributed by atoms with Gasteiger partial charge in [-0.2, -0.15) is 0 Å². The highest BCUT2D eigenvalue weighted by Crippen LogP contribution is 2.49. The third-order valence-electron chi connectivity index (χ3n) is 6.09. The SMILES string of the molecule is COc1ccc(CN2C[C@@H]3CCC[C@@H](C2)C3(O)c2cccnc2)c(F)c1. The Morgan fingerprint density at radius 1 is 1.27 bits per heavy atom. The monoisotopic (exact) mass is 356 g/mol. The van der Waals surface area contributed by atoms with Crippen molar-refractivity contribution in [3.05, 3.63) is 59.7 Å². The minimum atomic E-state index is -0.818. The number of fused-ring (bicyclic) bond motifs is 2. The summed E-state index contributed by atoms with van der Waals surface area (Å²) in [5, 5.41) is 11.6. The molecule has 0 radical (unpaired) electrons. The van der Waals surface area contributed by atoms with Crippen LogP contribution in [0.3, 0.4) is 0 Å². The van der Waals surface area contributed by atoms with Crippen LogP contribution in [0.4, 0.5) is 4.39 Å². The summed E-state index contributed by atoms with van der Waals surface area (Å²) in [6.07, 6.45) is 6.66. The first-order chi connectivity index (χ1) is 12.6. The molecule has 2 atom stereocenters. The van der Waals surface area contributed by atoms with Gasteiger partial charge in [-0.05, 0) is 25.0 Å². The molecule has 1 aromatic carbocycles. The summed E-state index contributed by atoms with van der Waals surface area (Å²) in [6, 6.07) is 8.91. The Hall–Kier alpha value is -1.98. The third-order valence-corrected chi connectivity index (χ3v) is 6.09. The van der Waals surface area contributed by atoms with Crippen LogP contribution in [0.1, 0.15) is 30.4 Å². The van der Waals surface area contributed by atoms with Crippen LogP contribution in [-0.2, 0) is 12.1 Å². The van der Waals surface area contributed by atoms with Crippen molar-refractivity contribution in [1.29, 1.82) is 0 Å². The number of benzene rings is 1. The highest BCUT2D eigenvalue weighted by atomic mass is 19.1. The lowest BCUT2D eigenvalue weighted by Crippen LogP contribution is -2.57. The fourth-order valence-electron chi connectivity index (χ4n) is 4.77. The first kappa shape index (κ1) is 17.4. The van der Waals surface area contributed by atoms with Crippen LogP contribution in [0.5, 0.6) is 5.75 Å². The van der Waals surface area contributed by atoms with Gasteiger partial charge >= 0.3 is 0 Å². The van der Waals surface area contributed by atoms with Gasteiger partial charge in [0.15, 0.2) is 0 Å². The van der Waals surface area contributed by atoms with E-state index in [2.05, 4.69) is 9.88 Å². The van der Waals surface area contributed by atoms with E-state index in [1.54, 1.807) is 31.6 Å². The largest absolute Gasteiger partial charge is 0.497 e. The number of nitrogens with zero attached hydrogens (tertiary/aromatic N) is 2. The molecular weight excluding hydrogens is 331 g/mol. The van der Waals surface area contributed by atoms with E-state index in [0.717, 1.165) is 37.9 Å². The fourth-order valence-corrected chi connectivity index (χ4v) is 4.77. The minimum absolute atomic E-state index is 0.153. The fraction of sp³-hybridized carbons (Fsp3) is 0.476. The lowest BCUT2D eigenvalue weighted by molar-refractivity contribution is -0.148. The van der Waals surface area contributed by atoms with Crippen LogP contribution in [0.15, 0.2) is 42.7 Å². The highest BCUT2D eigenvalue weighted by Gasteiger charge is 2.51. The van der Waals surface area contributed by atoms with Gasteiger partial charge in [-0.15, -0.1) is 0 Å². The average Bonchev–Trinajstić information content (AvgIpc) is 2.65. The van der Waals surface area contributed by atoms with E-state index < -0.39 is 5.60 Å². The summed E-state index contributed by atoms with van der Waals surface area (Å²) < 4.78 is 19.4. The molecule has 0 unspecified atom stereocenters. The van der Waals surface area contributed by atoms with Crippen molar-refractivity contribution in [2.75, 3.05) is 20.2 Å². The number of ether oxygens (including phenoxy) is 1. The van der Waals surface area contributed by atoms with E-state index in [1.807, 2.05) is 12.1 Å². The second-order valence-electron chi connectivity index (χ2n) is 7.54. The Kier molecular flexibility index (Phi) is 4.67. The van der Waals surface area contributed by atoms with Crippen LogP contribution in [0.25, 0.3) is 0 Å². The molecule has 1 saturated heterocycles. The van der Waals surface area contributed by atoms with Crippen molar-refractivity contribution in [2.24, 2.45) is 11.8 Å². The summed E-state index contributed by atoms with van der Waals surface area (Å²) in [4.78, 5) is 6.49. The second-order valence-corrected chi connectivity index (χ2v) is 7.54. The number of likely N-dealkylation sites (tertiary alicyclic amines) is 1. The highest BCUT2D eigenvalue weighted by molar-refractivity contribution is 5.29. The van der Waals surface area contributed by atoms with Crippen molar-refractivity contribution in [3.63, 3.8) is 0 Å². The molecule has 1 N–H and O–H groups in total. The molecule has 2 fully saturated rings. The molecule has 1 aliphatic heterocycles. The third kappa shape index (κ3) is 2.99. The summed E-state index contributed by atoms with van der Waals surface area (Å²) in [6.45, 7) is 2.10. The van der Waals surface area contributed by atoms with Crippen molar-refractivity contribution in [2.45, 2.75) is 31.4 Å². The van der Waals surface area contributed by atoms with Crippen molar-refractivity contribution in [3.8, 4) is 5.75 Å². The Morgan fingerprint density at radius 3 is 2.65 bits per heavy atom. The van der Waals surface area contributed by atoms with Crippen molar-refractivity contribution >= 4 is 0 Å². The topological polar surface area (TPSA) is 45.6 Å². The number of rotatable bonds is 4. The van der Waals surface area contributed by atoms with Gasteiger partial charge in [0.2, 0.25) is 0 Å². The summed E-state index contributed by atoms with van der Waals surface area (Å²) in [5.41, 5.74) is 0.780. The molecule has 26 heavy (non-hydrogen) atoms. The Morgan fingerprint density at radius 2 is 2.04 bits per heavy atom. The number of methoxy groups -OCH3 is 1. The Labute approximate surface area is 153 Å². The lowest BCUT2D eigenvalue weighted by Gasteiger charge is -2.53. The first-order valence-electron chi connectivity index (χ1n) is 9.29. The quantitative estimate of drug-likeness (QED) is 0.913. The van der Waals surface area contributed by atoms with Gasteiger partial charge in [-0.25, -0.2) is 4.39 Å². The van der Waals surface area contributed by atoms with E-state index in [-0.39, 0.29) is 17.7 Å². The maximum Gasteiger partial charge on any atom is 0.131 e. The average molecular weight is 356 g/mol. The Bertz CT molecular complexity index is 754. The second kappa shape index (κ2) is 6.97. The summed E-state index contributed by atoms with van der Waals surface area (Å²) in [7, 11) is 1.54. The molecule has 2 aromatic rings. The molecule has 0 amide bonds. The zero-order valence-corrected chi connectivity index (χ0v) is 15.1. The predicted molar refractivity (Wildman–Crippen MR) is 97.2 cm³/mol. The van der Waals surface area contributed by atoms with Crippen LogP contribution >= 0.6 is 0 Å². The first-order valence-corrected chi connectivity index (χ1v) is 9.29. The zero-order valence-electron chi connectivity index (χ0n) is 15.1. The number of hydrogen-bond donors (Lipinski definition) is 1. The predicted octanol–water partition coefficient (Wildman–Crippen LogP) is 3.35. The number of aliphatic hydroxyl groups is 1. The van der Waals surface area contributed by atoms with Gasteiger partial charge < -0.3 is 9.84 Å². The molecule has 1 aromatic heterocycles. The maximum absolute atomic E-state index is 14.3. The molecular formula is C21H25FN2O2. The molecule has 2 heterocycles. The molecule has 5 heteroatoms. The number of halogens is 1. The van der Waals surface area contributed by atoms with Gasteiger partial charge in [0.05, 0.1) is 12.7 Å². The number of pyridine rings is 1. The van der Waals surface area contributed by atoms with Gasteiger partial charge in [-0.1, -0.05) is 18.6 Å². The van der Waals surface area contributed by atoms with Crippen LogP contribution in [0.2, 0.25) is 0 Å². The van der Waals surface area contributed by atoms with Gasteiger partial charge in [0.25, 0.3) is 0 Å². The molecule has 138 valence electrons. The zero-order chi connectivity index (χ0) is 18.1. The molecule has 1 saturated carbocycles. The molecule has 0 spiro atoms. The number of aromatic nitrogens is 1. The molecule has 2 bridgehead atoms. The Balaban J connectivity index is 1.55. The van der Waals surface area contributed by atoms with E-state index in [9.17, 15) is 9.50 Å². The normalized spacial score (nSPS) is 28.7. The number of hydrogen-bond acceptors (Lipinski definition) is 4. The van der Waals surface area contributed by atoms with Crippen LogP contribution < -0.4 is 4.74 Å². The van der Waals surface area contributed by atoms with Gasteiger partial charge in [0, 0.05) is 61.1 Å².